The molecule has 0 radical (unpaired) electrons. The van der Waals surface area contributed by atoms with Crippen LogP contribution >= 0.6 is 23.2 Å². The predicted molar refractivity (Wildman–Crippen MR) is 134 cm³/mol. The molecule has 0 bridgehead atoms. The number of nitrogens with one attached hydrogen (secondary N) is 1. The standard InChI is InChI=1S/C24H24Cl2N2O6S2/c1-35(30,31)22-10-16(25)7-6-15(22)13-34-20-12-17(36(32,33)21-5-3-2-4-19(21)26)11-18(20)23(29)28-24(14-27)8-9-24/h2-7,10,17-18,20H,8-9,11-13H2,1H3,(H,28,29). The maximum Gasteiger partial charge on any atom is 0.227 e. The third-order valence-corrected chi connectivity index (χ3v) is 10.7. The molecule has 0 aromatic heterocycles. The summed E-state index contributed by atoms with van der Waals surface area (Å²) < 4.78 is 57.3. The monoisotopic (exact) mass is 570 g/mol. The summed E-state index contributed by atoms with van der Waals surface area (Å²) in [7, 11) is -7.51. The smallest absolute Gasteiger partial charge is 0.227 e. The number of carbonyl (C=O) groups excluding carboxylic acids is 1. The zero-order valence-electron chi connectivity index (χ0n) is 19.3. The van der Waals surface area contributed by atoms with Gasteiger partial charge in [-0.1, -0.05) is 41.4 Å². The van der Waals surface area contributed by atoms with Gasteiger partial charge in [0.25, 0.3) is 0 Å². The van der Waals surface area contributed by atoms with E-state index >= 15 is 0 Å². The zero-order chi connectivity index (χ0) is 26.3. The van der Waals surface area contributed by atoms with Crippen molar-refractivity contribution >= 4 is 48.8 Å². The van der Waals surface area contributed by atoms with Crippen LogP contribution in [0.2, 0.25) is 10.0 Å². The van der Waals surface area contributed by atoms with Crippen molar-refractivity contribution in [2.45, 2.75) is 59.0 Å². The summed E-state index contributed by atoms with van der Waals surface area (Å²) in [6, 6.07) is 12.6. The summed E-state index contributed by atoms with van der Waals surface area (Å²) in [6.45, 7) is -0.170. The van der Waals surface area contributed by atoms with Crippen molar-refractivity contribution in [2.75, 3.05) is 6.26 Å². The molecule has 8 nitrogen and oxygen atoms in total. The highest BCUT2D eigenvalue weighted by atomic mass is 35.5. The van der Waals surface area contributed by atoms with Crippen LogP contribution in [0, 0.1) is 17.2 Å². The van der Waals surface area contributed by atoms with Crippen molar-refractivity contribution in [3.63, 3.8) is 0 Å². The summed E-state index contributed by atoms with van der Waals surface area (Å²) in [6.07, 6.45) is 1.26. The lowest BCUT2D eigenvalue weighted by molar-refractivity contribution is -0.130. The topological polar surface area (TPSA) is 130 Å². The zero-order valence-corrected chi connectivity index (χ0v) is 22.4. The van der Waals surface area contributed by atoms with E-state index < -0.39 is 48.4 Å². The Morgan fingerprint density at radius 2 is 1.81 bits per heavy atom. The van der Waals surface area contributed by atoms with E-state index in [1.54, 1.807) is 12.1 Å². The van der Waals surface area contributed by atoms with Crippen LogP contribution in [0.15, 0.2) is 52.3 Å². The minimum absolute atomic E-state index is 0.00403. The van der Waals surface area contributed by atoms with Crippen LogP contribution in [-0.4, -0.2) is 45.9 Å². The van der Waals surface area contributed by atoms with E-state index in [1.807, 2.05) is 0 Å². The van der Waals surface area contributed by atoms with E-state index in [2.05, 4.69) is 11.4 Å². The van der Waals surface area contributed by atoms with Crippen molar-refractivity contribution in [1.82, 2.24) is 5.32 Å². The molecule has 0 heterocycles. The molecule has 2 aromatic carbocycles. The number of hydrogen-bond acceptors (Lipinski definition) is 7. The highest BCUT2D eigenvalue weighted by Crippen LogP contribution is 2.40. The van der Waals surface area contributed by atoms with Gasteiger partial charge in [-0.3, -0.25) is 4.79 Å². The average molecular weight is 572 g/mol. The van der Waals surface area contributed by atoms with Crippen LogP contribution in [0.3, 0.4) is 0 Å². The lowest BCUT2D eigenvalue weighted by Gasteiger charge is -2.21. The van der Waals surface area contributed by atoms with Gasteiger partial charge in [-0.25, -0.2) is 16.8 Å². The number of sulfone groups is 2. The Kier molecular flexibility index (Phi) is 7.43. The Hall–Kier alpha value is -2.16. The van der Waals surface area contributed by atoms with Crippen LogP contribution in [0.4, 0.5) is 0 Å². The fraction of sp³-hybridized carbons (Fsp3) is 0.417. The van der Waals surface area contributed by atoms with Gasteiger partial charge in [0.15, 0.2) is 19.7 Å². The molecule has 0 spiro atoms. The number of amides is 1. The molecular weight excluding hydrogens is 547 g/mol. The molecule has 2 fully saturated rings. The highest BCUT2D eigenvalue weighted by Gasteiger charge is 2.50. The van der Waals surface area contributed by atoms with Gasteiger partial charge in [0.2, 0.25) is 5.91 Å². The van der Waals surface area contributed by atoms with Crippen LogP contribution in [0.1, 0.15) is 31.2 Å². The van der Waals surface area contributed by atoms with Gasteiger partial charge in [0, 0.05) is 11.3 Å². The molecule has 1 amide bonds. The summed E-state index contributed by atoms with van der Waals surface area (Å²) in [5.74, 6) is -1.32. The lowest BCUT2D eigenvalue weighted by atomic mass is 10.0. The summed E-state index contributed by atoms with van der Waals surface area (Å²) in [5, 5.41) is 11.5. The number of halogens is 2. The summed E-state index contributed by atoms with van der Waals surface area (Å²) >= 11 is 12.1. The van der Waals surface area contributed by atoms with E-state index in [0.29, 0.717) is 18.4 Å². The number of hydrogen-bond donors (Lipinski definition) is 1. The van der Waals surface area contributed by atoms with Crippen molar-refractivity contribution in [1.29, 1.82) is 5.26 Å². The minimum atomic E-state index is -3.89. The normalized spacial score (nSPS) is 23.1. The summed E-state index contributed by atoms with van der Waals surface area (Å²) in [5.41, 5.74) is -0.588. The third kappa shape index (κ3) is 5.55. The molecule has 192 valence electrons. The van der Waals surface area contributed by atoms with E-state index in [0.717, 1.165) is 6.26 Å². The molecular formula is C24H24Cl2N2O6S2. The van der Waals surface area contributed by atoms with Gasteiger partial charge in [-0.15, -0.1) is 0 Å². The third-order valence-electron chi connectivity index (χ3n) is 6.59. The molecule has 4 rings (SSSR count). The first-order valence-corrected chi connectivity index (χ1v) is 15.4. The molecule has 36 heavy (non-hydrogen) atoms. The molecule has 2 aliphatic carbocycles. The maximum absolute atomic E-state index is 13.4. The second-order valence-corrected chi connectivity index (χ2v) is 14.3. The quantitative estimate of drug-likeness (QED) is 0.511. The Balaban J connectivity index is 1.61. The first-order chi connectivity index (χ1) is 16.9. The average Bonchev–Trinajstić information content (AvgIpc) is 3.44. The molecule has 2 aromatic rings. The number of rotatable bonds is 8. The molecule has 1 N–H and O–H groups in total. The van der Waals surface area contributed by atoms with Gasteiger partial charge in [-0.2, -0.15) is 5.26 Å². The number of nitriles is 1. The van der Waals surface area contributed by atoms with E-state index in [-0.39, 0.29) is 39.3 Å². The van der Waals surface area contributed by atoms with Crippen molar-refractivity contribution in [2.24, 2.45) is 5.92 Å². The van der Waals surface area contributed by atoms with Crippen LogP contribution in [0.25, 0.3) is 0 Å². The Labute approximate surface area is 220 Å². The highest BCUT2D eigenvalue weighted by molar-refractivity contribution is 7.92. The number of benzene rings is 2. The van der Waals surface area contributed by atoms with Crippen molar-refractivity contribution in [3.05, 3.63) is 58.1 Å². The second-order valence-electron chi connectivity index (χ2n) is 9.23. The van der Waals surface area contributed by atoms with Gasteiger partial charge >= 0.3 is 0 Å². The molecule has 3 atom stereocenters. The molecule has 3 unspecified atom stereocenters. The SMILES string of the molecule is CS(=O)(=O)c1cc(Cl)ccc1COC1CC(S(=O)(=O)c2ccccc2Cl)CC1C(=O)NC1(C#N)CC1. The molecule has 2 aliphatic rings. The van der Waals surface area contributed by atoms with Crippen molar-refractivity contribution in [3.8, 4) is 6.07 Å². The van der Waals surface area contributed by atoms with Crippen LogP contribution < -0.4 is 5.32 Å². The van der Waals surface area contributed by atoms with E-state index in [4.69, 9.17) is 27.9 Å². The molecule has 2 saturated carbocycles. The van der Waals surface area contributed by atoms with Crippen LogP contribution in [-0.2, 0) is 35.8 Å². The lowest BCUT2D eigenvalue weighted by Crippen LogP contribution is -2.42. The Morgan fingerprint density at radius 1 is 1.11 bits per heavy atom. The van der Waals surface area contributed by atoms with Crippen LogP contribution in [0.5, 0.6) is 0 Å². The van der Waals surface area contributed by atoms with E-state index in [9.17, 15) is 26.9 Å². The summed E-state index contributed by atoms with van der Waals surface area (Å²) in [4.78, 5) is 13.1. The Morgan fingerprint density at radius 3 is 2.42 bits per heavy atom. The van der Waals surface area contributed by atoms with Gasteiger partial charge < -0.3 is 10.1 Å². The fourth-order valence-electron chi connectivity index (χ4n) is 4.43. The Bertz CT molecular complexity index is 1450. The van der Waals surface area contributed by atoms with Crippen molar-refractivity contribution < 1.29 is 26.4 Å². The van der Waals surface area contributed by atoms with Gasteiger partial charge in [0.05, 0.1) is 44.8 Å². The first kappa shape index (κ1) is 26.9. The second kappa shape index (κ2) is 9.95. The number of carbonyl (C=O) groups is 1. The molecule has 0 aliphatic heterocycles. The molecule has 0 saturated heterocycles. The fourth-order valence-corrected chi connectivity index (χ4v) is 7.94. The minimum Gasteiger partial charge on any atom is -0.373 e. The number of ether oxygens (including phenoxy) is 1. The van der Waals surface area contributed by atoms with E-state index in [1.165, 1.54) is 30.3 Å². The van der Waals surface area contributed by atoms with Gasteiger partial charge in [0.1, 0.15) is 5.54 Å². The first-order valence-electron chi connectivity index (χ1n) is 11.2. The van der Waals surface area contributed by atoms with Gasteiger partial charge in [-0.05, 0) is 55.5 Å². The molecule has 12 heteroatoms. The maximum atomic E-state index is 13.4. The largest absolute Gasteiger partial charge is 0.373 e. The predicted octanol–water partition coefficient (Wildman–Crippen LogP) is 3.71. The number of nitrogens with zero attached hydrogens (tertiary/aromatic N) is 1.